The molecule has 0 saturated carbocycles. The lowest BCUT2D eigenvalue weighted by Gasteiger charge is -2.20. The fourth-order valence-corrected chi connectivity index (χ4v) is 1.59. The van der Waals surface area contributed by atoms with E-state index in [2.05, 4.69) is 21.2 Å². The van der Waals surface area contributed by atoms with Crippen LogP contribution in [0.4, 0.5) is 11.4 Å². The highest BCUT2D eigenvalue weighted by atomic mass is 79.9. The van der Waals surface area contributed by atoms with Crippen LogP contribution < -0.4 is 11.1 Å². The van der Waals surface area contributed by atoms with Crippen molar-refractivity contribution in [2.45, 2.75) is 19.4 Å². The van der Waals surface area contributed by atoms with Gasteiger partial charge in [-0.15, -0.1) is 0 Å². The van der Waals surface area contributed by atoms with E-state index in [0.29, 0.717) is 11.0 Å². The molecule has 3 N–H and O–H groups in total. The molecule has 0 atom stereocenters. The maximum atomic E-state index is 10.5. The number of nitro groups is 1. The Morgan fingerprint density at radius 3 is 2.62 bits per heavy atom. The number of nitrogens with one attached hydrogen (secondary N) is 1. The number of rotatable bonds is 4. The fraction of sp³-hybridized carbons (Fsp3) is 0.400. The van der Waals surface area contributed by atoms with Gasteiger partial charge >= 0.3 is 0 Å². The van der Waals surface area contributed by atoms with E-state index in [1.165, 1.54) is 12.1 Å². The van der Waals surface area contributed by atoms with Gasteiger partial charge < -0.3 is 11.1 Å². The lowest BCUT2D eigenvalue weighted by atomic mass is 10.1. The molecular weight excluding hydrogens is 274 g/mol. The van der Waals surface area contributed by atoms with Gasteiger partial charge in [0.25, 0.3) is 5.69 Å². The van der Waals surface area contributed by atoms with Crippen LogP contribution in [-0.2, 0) is 0 Å². The van der Waals surface area contributed by atoms with Crippen LogP contribution in [0.5, 0.6) is 0 Å². The Bertz CT molecular complexity index is 402. The summed E-state index contributed by atoms with van der Waals surface area (Å²) >= 11 is 3.28. The molecule has 0 aliphatic rings. The minimum Gasteiger partial charge on any atom is -0.382 e. The summed E-state index contributed by atoms with van der Waals surface area (Å²) in [5, 5.41) is 13.7. The average molecular weight is 288 g/mol. The van der Waals surface area contributed by atoms with Crippen molar-refractivity contribution in [1.82, 2.24) is 0 Å². The van der Waals surface area contributed by atoms with Crippen LogP contribution in [0.2, 0.25) is 0 Å². The molecule has 0 heterocycles. The molecule has 0 unspecified atom stereocenters. The molecule has 5 nitrogen and oxygen atoms in total. The molecule has 0 aliphatic heterocycles. The molecule has 0 radical (unpaired) electrons. The van der Waals surface area contributed by atoms with E-state index in [0.717, 1.165) is 5.69 Å². The molecule has 1 aromatic rings. The average Bonchev–Trinajstić information content (AvgIpc) is 2.14. The van der Waals surface area contributed by atoms with Crippen molar-refractivity contribution < 1.29 is 4.92 Å². The SMILES string of the molecule is CC(C)(N)CNc1ccc([N+](=O)[O-])cc1Br. The molecule has 0 amide bonds. The Morgan fingerprint density at radius 2 is 2.19 bits per heavy atom. The van der Waals surface area contributed by atoms with Gasteiger partial charge in [0.2, 0.25) is 0 Å². The standard InChI is InChI=1S/C10H14BrN3O2/c1-10(2,12)6-13-9-4-3-7(14(15)16)5-8(9)11/h3-5,13H,6,12H2,1-2H3. The summed E-state index contributed by atoms with van der Waals surface area (Å²) in [6.07, 6.45) is 0. The molecule has 88 valence electrons. The summed E-state index contributed by atoms with van der Waals surface area (Å²) in [7, 11) is 0. The first kappa shape index (κ1) is 12.9. The number of hydrogen-bond donors (Lipinski definition) is 2. The third kappa shape index (κ3) is 3.79. The lowest BCUT2D eigenvalue weighted by molar-refractivity contribution is -0.384. The molecule has 0 fully saturated rings. The van der Waals surface area contributed by atoms with Gasteiger partial charge in [0.15, 0.2) is 0 Å². The highest BCUT2D eigenvalue weighted by molar-refractivity contribution is 9.10. The van der Waals surface area contributed by atoms with Gasteiger partial charge in [-0.25, -0.2) is 0 Å². The summed E-state index contributed by atoms with van der Waals surface area (Å²) in [4.78, 5) is 10.1. The zero-order valence-corrected chi connectivity index (χ0v) is 10.7. The highest BCUT2D eigenvalue weighted by Crippen LogP contribution is 2.27. The second-order valence-corrected chi connectivity index (χ2v) is 5.12. The van der Waals surface area contributed by atoms with E-state index in [9.17, 15) is 10.1 Å². The van der Waals surface area contributed by atoms with Gasteiger partial charge in [0, 0.05) is 34.4 Å². The van der Waals surface area contributed by atoms with Gasteiger partial charge in [0.1, 0.15) is 0 Å². The number of non-ortho nitro benzene ring substituents is 1. The second kappa shape index (κ2) is 4.80. The number of nitrogens with zero attached hydrogens (tertiary/aromatic N) is 1. The first-order chi connectivity index (χ1) is 7.29. The Kier molecular flexibility index (Phi) is 3.88. The van der Waals surface area contributed by atoms with Crippen LogP contribution in [0.15, 0.2) is 22.7 Å². The normalized spacial score (nSPS) is 11.2. The quantitative estimate of drug-likeness (QED) is 0.659. The first-order valence-electron chi connectivity index (χ1n) is 4.76. The Morgan fingerprint density at radius 1 is 1.56 bits per heavy atom. The molecule has 0 spiro atoms. The number of hydrogen-bond acceptors (Lipinski definition) is 4. The van der Waals surface area contributed by atoms with E-state index < -0.39 is 4.92 Å². The zero-order valence-electron chi connectivity index (χ0n) is 9.16. The molecule has 1 rings (SSSR count). The van der Waals surface area contributed by atoms with Crippen LogP contribution in [0, 0.1) is 10.1 Å². The zero-order chi connectivity index (χ0) is 12.3. The number of halogens is 1. The number of benzene rings is 1. The van der Waals surface area contributed by atoms with E-state index in [4.69, 9.17) is 5.73 Å². The molecule has 16 heavy (non-hydrogen) atoms. The highest BCUT2D eigenvalue weighted by Gasteiger charge is 2.13. The van der Waals surface area contributed by atoms with Crippen LogP contribution in [-0.4, -0.2) is 17.0 Å². The van der Waals surface area contributed by atoms with Crippen molar-refractivity contribution in [2.75, 3.05) is 11.9 Å². The van der Waals surface area contributed by atoms with Gasteiger partial charge in [-0.1, -0.05) is 0 Å². The predicted molar refractivity (Wildman–Crippen MR) is 67.6 cm³/mol. The summed E-state index contributed by atoms with van der Waals surface area (Å²) < 4.78 is 0.658. The number of nitro benzene ring substituents is 1. The largest absolute Gasteiger partial charge is 0.382 e. The minimum absolute atomic E-state index is 0.0597. The van der Waals surface area contributed by atoms with Crippen molar-refractivity contribution in [3.05, 3.63) is 32.8 Å². The predicted octanol–water partition coefficient (Wildman–Crippen LogP) is 2.51. The smallest absolute Gasteiger partial charge is 0.270 e. The van der Waals surface area contributed by atoms with Crippen LogP contribution in [0.25, 0.3) is 0 Å². The Balaban J connectivity index is 2.80. The molecular formula is C10H14BrN3O2. The van der Waals surface area contributed by atoms with Crippen LogP contribution in [0.1, 0.15) is 13.8 Å². The Labute approximate surface area is 102 Å². The van der Waals surface area contributed by atoms with Crippen molar-refractivity contribution in [1.29, 1.82) is 0 Å². The first-order valence-corrected chi connectivity index (χ1v) is 5.55. The number of anilines is 1. The van der Waals surface area contributed by atoms with E-state index in [-0.39, 0.29) is 11.2 Å². The lowest BCUT2D eigenvalue weighted by Crippen LogP contribution is -2.39. The van der Waals surface area contributed by atoms with Gasteiger partial charge in [-0.2, -0.15) is 0 Å². The van der Waals surface area contributed by atoms with Gasteiger partial charge in [-0.05, 0) is 35.8 Å². The molecule has 0 bridgehead atoms. The maximum Gasteiger partial charge on any atom is 0.270 e. The summed E-state index contributed by atoms with van der Waals surface area (Å²) in [5.41, 5.74) is 6.35. The third-order valence-corrected chi connectivity index (χ3v) is 2.55. The van der Waals surface area contributed by atoms with Crippen molar-refractivity contribution in [3.63, 3.8) is 0 Å². The van der Waals surface area contributed by atoms with Crippen LogP contribution in [0.3, 0.4) is 0 Å². The summed E-state index contributed by atoms with van der Waals surface area (Å²) in [5.74, 6) is 0. The Hall–Kier alpha value is -1.14. The van der Waals surface area contributed by atoms with Crippen molar-refractivity contribution in [3.8, 4) is 0 Å². The van der Waals surface area contributed by atoms with E-state index >= 15 is 0 Å². The van der Waals surface area contributed by atoms with E-state index in [1.807, 2.05) is 13.8 Å². The van der Waals surface area contributed by atoms with Crippen molar-refractivity contribution in [2.24, 2.45) is 5.73 Å². The second-order valence-electron chi connectivity index (χ2n) is 4.26. The summed E-state index contributed by atoms with van der Waals surface area (Å²) in [6.45, 7) is 4.39. The fourth-order valence-electron chi connectivity index (χ4n) is 1.08. The molecule has 6 heteroatoms. The van der Waals surface area contributed by atoms with Crippen LogP contribution >= 0.6 is 15.9 Å². The minimum atomic E-state index is -0.429. The number of nitrogens with two attached hydrogens (primary N) is 1. The van der Waals surface area contributed by atoms with Crippen molar-refractivity contribution >= 4 is 27.3 Å². The topological polar surface area (TPSA) is 81.2 Å². The van der Waals surface area contributed by atoms with E-state index in [1.54, 1.807) is 6.07 Å². The third-order valence-electron chi connectivity index (χ3n) is 1.90. The van der Waals surface area contributed by atoms with Gasteiger partial charge in [0.05, 0.1) is 4.92 Å². The maximum absolute atomic E-state index is 10.5. The molecule has 0 aliphatic carbocycles. The molecule has 0 aromatic heterocycles. The molecule has 1 aromatic carbocycles. The van der Waals surface area contributed by atoms with Gasteiger partial charge in [-0.3, -0.25) is 10.1 Å². The monoisotopic (exact) mass is 287 g/mol. The summed E-state index contributed by atoms with van der Waals surface area (Å²) in [6, 6.07) is 4.58. The molecule has 0 saturated heterocycles.